The second kappa shape index (κ2) is 7.74. The van der Waals surface area contributed by atoms with E-state index in [1.165, 1.54) is 0 Å². The summed E-state index contributed by atoms with van der Waals surface area (Å²) in [5.74, 6) is -3.08. The van der Waals surface area contributed by atoms with Crippen LogP contribution in [0, 0.1) is 0 Å². The summed E-state index contributed by atoms with van der Waals surface area (Å²) in [5, 5.41) is 11.6. The molecular formula is C24H29O7P. The maximum atomic E-state index is 14.2. The molecule has 6 atom stereocenters. The summed E-state index contributed by atoms with van der Waals surface area (Å²) in [6.07, 6.45) is -2.66. The van der Waals surface area contributed by atoms with E-state index in [4.69, 9.17) is 23.5 Å². The average molecular weight is 460 g/mol. The van der Waals surface area contributed by atoms with E-state index in [9.17, 15) is 9.67 Å². The lowest BCUT2D eigenvalue weighted by Gasteiger charge is -2.41. The lowest BCUT2D eigenvalue weighted by atomic mass is 10.0. The predicted octanol–water partition coefficient (Wildman–Crippen LogP) is 3.65. The van der Waals surface area contributed by atoms with Crippen LogP contribution >= 0.6 is 7.37 Å². The zero-order valence-electron chi connectivity index (χ0n) is 18.6. The molecular weight excluding hydrogens is 431 g/mol. The topological polar surface area (TPSA) is 83.5 Å². The van der Waals surface area contributed by atoms with Gasteiger partial charge in [-0.1, -0.05) is 42.5 Å². The van der Waals surface area contributed by atoms with Gasteiger partial charge >= 0.3 is 0 Å². The summed E-state index contributed by atoms with van der Waals surface area (Å²) < 4.78 is 44.2. The number of hydrogen-bond donors (Lipinski definition) is 1. The van der Waals surface area contributed by atoms with Crippen molar-refractivity contribution in [1.29, 1.82) is 0 Å². The van der Waals surface area contributed by atoms with Gasteiger partial charge in [-0.25, -0.2) is 0 Å². The Bertz CT molecular complexity index is 1020. The normalized spacial score (nSPS) is 37.8. The molecule has 5 rings (SSSR count). The Balaban J connectivity index is 1.49. The fraction of sp³-hybridized carbons (Fsp3) is 0.500. The number of benzene rings is 2. The third-order valence-electron chi connectivity index (χ3n) is 6.14. The molecule has 2 aromatic carbocycles. The van der Waals surface area contributed by atoms with E-state index in [0.29, 0.717) is 5.30 Å². The molecule has 3 saturated heterocycles. The van der Waals surface area contributed by atoms with E-state index >= 15 is 0 Å². The lowest BCUT2D eigenvalue weighted by Crippen LogP contribution is -2.55. The van der Waals surface area contributed by atoms with Crippen LogP contribution in [-0.2, 0) is 28.0 Å². The number of fused-ring (bicyclic) bond motifs is 1. The molecule has 1 unspecified atom stereocenters. The average Bonchev–Trinajstić information content (AvgIpc) is 3.29. The molecule has 0 saturated carbocycles. The molecule has 0 aliphatic carbocycles. The first-order valence-electron chi connectivity index (χ1n) is 10.9. The third kappa shape index (κ3) is 3.86. The van der Waals surface area contributed by atoms with Crippen LogP contribution in [0.25, 0.3) is 11.1 Å². The van der Waals surface area contributed by atoms with E-state index in [-0.39, 0.29) is 6.61 Å². The molecule has 2 aromatic rings. The first kappa shape index (κ1) is 22.2. The molecule has 7 nitrogen and oxygen atoms in total. The summed E-state index contributed by atoms with van der Waals surface area (Å²) >= 11 is 0. The van der Waals surface area contributed by atoms with Crippen molar-refractivity contribution >= 4 is 12.7 Å². The molecule has 172 valence electrons. The highest BCUT2D eigenvalue weighted by Crippen LogP contribution is 2.60. The van der Waals surface area contributed by atoms with Gasteiger partial charge in [0.25, 0.3) is 7.37 Å². The van der Waals surface area contributed by atoms with E-state index < -0.39 is 49.2 Å². The minimum absolute atomic E-state index is 0.272. The monoisotopic (exact) mass is 460 g/mol. The van der Waals surface area contributed by atoms with Crippen LogP contribution in [-0.4, -0.2) is 53.5 Å². The molecule has 0 spiro atoms. The largest absolute Gasteiger partial charge is 0.380 e. The maximum Gasteiger partial charge on any atom is 0.262 e. The summed E-state index contributed by atoms with van der Waals surface area (Å²) in [7, 11) is -3.73. The van der Waals surface area contributed by atoms with Crippen LogP contribution in [0.2, 0.25) is 0 Å². The number of hydrogen-bond acceptors (Lipinski definition) is 7. The SMILES string of the molecule is CC1(C)O[C@H]2[C@@H]([C@H]3COC(C)(C)O3)OP(=O)(c3ccc(-c4ccccc4)cc3)[C@@H](O)[C@H]2O1. The molecule has 3 fully saturated rings. The molecule has 8 heteroatoms. The molecule has 32 heavy (non-hydrogen) atoms. The van der Waals surface area contributed by atoms with Crippen LogP contribution in [0.1, 0.15) is 27.7 Å². The number of ether oxygens (including phenoxy) is 4. The van der Waals surface area contributed by atoms with Gasteiger partial charge in [-0.05, 0) is 51.0 Å². The van der Waals surface area contributed by atoms with Crippen molar-refractivity contribution in [2.75, 3.05) is 6.61 Å². The highest BCUT2D eigenvalue weighted by molar-refractivity contribution is 7.67. The molecule has 3 aliphatic heterocycles. The van der Waals surface area contributed by atoms with Gasteiger partial charge in [0.15, 0.2) is 17.4 Å². The Kier molecular flexibility index (Phi) is 5.38. The predicted molar refractivity (Wildman–Crippen MR) is 119 cm³/mol. The summed E-state index contributed by atoms with van der Waals surface area (Å²) in [4.78, 5) is 0. The Morgan fingerprint density at radius 1 is 0.812 bits per heavy atom. The molecule has 1 N–H and O–H groups in total. The Labute approximate surface area is 188 Å². The quantitative estimate of drug-likeness (QED) is 0.700. The smallest absolute Gasteiger partial charge is 0.262 e. The Morgan fingerprint density at radius 2 is 1.44 bits per heavy atom. The number of rotatable bonds is 3. The fourth-order valence-electron chi connectivity index (χ4n) is 4.66. The zero-order valence-corrected chi connectivity index (χ0v) is 19.5. The van der Waals surface area contributed by atoms with E-state index in [2.05, 4.69) is 0 Å². The maximum absolute atomic E-state index is 14.2. The fourth-order valence-corrected chi connectivity index (χ4v) is 7.01. The standard InChI is InChI=1S/C24H29O7P/c1-23(2)27-14-18(28-23)19-20-21(30-24(3,4)29-20)22(25)32(26,31-19)17-12-10-16(11-13-17)15-8-6-5-7-9-15/h5-13,18-22,25H,14H2,1-4H3/t18-,19-,20+,21+,22-,32?/m1/s1. The molecule has 0 aromatic heterocycles. The lowest BCUT2D eigenvalue weighted by molar-refractivity contribution is -0.174. The second-order valence-corrected chi connectivity index (χ2v) is 11.9. The van der Waals surface area contributed by atoms with Crippen molar-refractivity contribution in [3.05, 3.63) is 54.6 Å². The van der Waals surface area contributed by atoms with Crippen LogP contribution in [0.3, 0.4) is 0 Å². The van der Waals surface area contributed by atoms with Crippen molar-refractivity contribution in [2.24, 2.45) is 0 Å². The summed E-state index contributed by atoms with van der Waals surface area (Å²) in [6, 6.07) is 17.2. The third-order valence-corrected chi connectivity index (χ3v) is 8.70. The second-order valence-electron chi connectivity index (χ2n) is 9.43. The van der Waals surface area contributed by atoms with Crippen LogP contribution in [0.15, 0.2) is 54.6 Å². The van der Waals surface area contributed by atoms with Gasteiger partial charge in [-0.2, -0.15) is 0 Å². The van der Waals surface area contributed by atoms with Gasteiger partial charge in [-0.3, -0.25) is 4.57 Å². The van der Waals surface area contributed by atoms with Crippen molar-refractivity contribution < 1.29 is 33.1 Å². The highest BCUT2D eigenvalue weighted by atomic mass is 31.2. The summed E-state index contributed by atoms with van der Waals surface area (Å²) in [6.45, 7) is 7.45. The minimum Gasteiger partial charge on any atom is -0.380 e. The van der Waals surface area contributed by atoms with Gasteiger partial charge in [0.2, 0.25) is 0 Å². The molecule has 3 aliphatic rings. The molecule has 0 bridgehead atoms. The minimum atomic E-state index is -3.73. The van der Waals surface area contributed by atoms with E-state index in [0.717, 1.165) is 11.1 Å². The van der Waals surface area contributed by atoms with Crippen molar-refractivity contribution in [2.45, 2.75) is 69.5 Å². The van der Waals surface area contributed by atoms with Crippen LogP contribution in [0.5, 0.6) is 0 Å². The van der Waals surface area contributed by atoms with Crippen molar-refractivity contribution in [1.82, 2.24) is 0 Å². The van der Waals surface area contributed by atoms with Crippen LogP contribution in [0.4, 0.5) is 0 Å². The number of aliphatic hydroxyl groups excluding tert-OH is 1. The van der Waals surface area contributed by atoms with Gasteiger partial charge in [0.05, 0.1) is 6.61 Å². The van der Waals surface area contributed by atoms with Gasteiger partial charge < -0.3 is 28.6 Å². The van der Waals surface area contributed by atoms with E-state index in [1.54, 1.807) is 26.0 Å². The van der Waals surface area contributed by atoms with Gasteiger partial charge in [0, 0.05) is 5.30 Å². The molecule has 3 heterocycles. The van der Waals surface area contributed by atoms with Crippen molar-refractivity contribution in [3.8, 4) is 11.1 Å². The first-order valence-corrected chi connectivity index (χ1v) is 12.6. The number of aliphatic hydroxyl groups is 1. The highest BCUT2D eigenvalue weighted by Gasteiger charge is 2.62. The summed E-state index contributed by atoms with van der Waals surface area (Å²) in [5.41, 5.74) is 2.03. The van der Waals surface area contributed by atoms with E-state index in [1.807, 2.05) is 56.3 Å². The van der Waals surface area contributed by atoms with Gasteiger partial charge in [-0.15, -0.1) is 0 Å². The molecule has 0 radical (unpaired) electrons. The Morgan fingerprint density at radius 3 is 2.06 bits per heavy atom. The van der Waals surface area contributed by atoms with Crippen molar-refractivity contribution in [3.63, 3.8) is 0 Å². The van der Waals surface area contributed by atoms with Gasteiger partial charge in [0.1, 0.15) is 24.4 Å². The van der Waals surface area contributed by atoms with Crippen LogP contribution < -0.4 is 5.30 Å². The molecule has 0 amide bonds. The Hall–Kier alpha value is -1.57. The first-order chi connectivity index (χ1) is 15.1. The zero-order chi connectivity index (χ0) is 22.7.